The predicted molar refractivity (Wildman–Crippen MR) is 100.0 cm³/mol. The molecule has 134 valence electrons. The van der Waals surface area contributed by atoms with Crippen LogP contribution in [0.25, 0.3) is 0 Å². The molecule has 0 spiro atoms. The first-order valence-electron chi connectivity index (χ1n) is 7.81. The molecule has 1 atom stereocenters. The van der Waals surface area contributed by atoms with Gasteiger partial charge in [-0.25, -0.2) is 0 Å². The number of aromatic nitrogens is 1. The normalized spacial score (nSPS) is 11.8. The number of nitrogens with zero attached hydrogens (tertiary/aromatic N) is 1. The van der Waals surface area contributed by atoms with Gasteiger partial charge in [0.2, 0.25) is 11.8 Å². The Bertz CT molecular complexity index is 718. The van der Waals surface area contributed by atoms with Gasteiger partial charge in [0.05, 0.1) is 11.0 Å². The van der Waals surface area contributed by atoms with Gasteiger partial charge in [-0.2, -0.15) is 0 Å². The number of benzene rings is 1. The van der Waals surface area contributed by atoms with Crippen LogP contribution < -0.4 is 10.6 Å². The summed E-state index contributed by atoms with van der Waals surface area (Å²) in [4.78, 5) is 23.9. The van der Waals surface area contributed by atoms with Crippen molar-refractivity contribution in [1.29, 1.82) is 0 Å². The number of rotatable bonds is 8. The Labute approximate surface area is 155 Å². The number of nitrogens with one attached hydrogen (secondary N) is 2. The second-order valence-electron chi connectivity index (χ2n) is 5.49. The van der Waals surface area contributed by atoms with E-state index in [1.807, 2.05) is 24.3 Å². The van der Waals surface area contributed by atoms with Crippen LogP contribution in [0.2, 0.25) is 5.02 Å². The lowest BCUT2D eigenvalue weighted by molar-refractivity contribution is -0.118. The zero-order valence-electron chi connectivity index (χ0n) is 14.0. The minimum absolute atomic E-state index is 0.101. The number of carbonyl (C=O) groups excluding carboxylic acids is 2. The van der Waals surface area contributed by atoms with Gasteiger partial charge >= 0.3 is 0 Å². The third kappa shape index (κ3) is 6.80. The lowest BCUT2D eigenvalue weighted by atomic mass is 10.1. The number of carbonyl (C=O) groups is 2. The highest BCUT2D eigenvalue weighted by Crippen LogP contribution is 2.14. The smallest absolute Gasteiger partial charge is 0.238 e. The standard InChI is InChI=1S/C17H20ClN3O3S/c1-11-9-15(21-24-11)20-17(23)12(2)25-10-16(22)19-8-7-13-3-5-14(18)6-4-13/h3-6,9,12H,7-8,10H2,1-2H3,(H,19,22)(H,20,21,23). The van der Waals surface area contributed by atoms with E-state index in [1.54, 1.807) is 19.9 Å². The molecule has 6 nitrogen and oxygen atoms in total. The summed E-state index contributed by atoms with van der Waals surface area (Å²) in [7, 11) is 0. The van der Waals surface area contributed by atoms with Crippen LogP contribution in [0.3, 0.4) is 0 Å². The summed E-state index contributed by atoms with van der Waals surface area (Å²) in [5.74, 6) is 0.897. The molecule has 1 unspecified atom stereocenters. The molecule has 2 aromatic rings. The van der Waals surface area contributed by atoms with E-state index in [9.17, 15) is 9.59 Å². The number of anilines is 1. The summed E-state index contributed by atoms with van der Waals surface area (Å²) in [5.41, 5.74) is 1.10. The van der Waals surface area contributed by atoms with Crippen molar-refractivity contribution in [2.45, 2.75) is 25.5 Å². The van der Waals surface area contributed by atoms with Crippen LogP contribution in [0.15, 0.2) is 34.9 Å². The summed E-state index contributed by atoms with van der Waals surface area (Å²) in [6.45, 7) is 4.03. The molecule has 2 N–H and O–H groups in total. The second-order valence-corrected chi connectivity index (χ2v) is 7.26. The third-order valence-electron chi connectivity index (χ3n) is 3.36. The number of aryl methyl sites for hydroxylation is 1. The first-order valence-corrected chi connectivity index (χ1v) is 9.23. The van der Waals surface area contributed by atoms with Crippen LogP contribution in [0.1, 0.15) is 18.2 Å². The van der Waals surface area contributed by atoms with E-state index in [-0.39, 0.29) is 22.8 Å². The largest absolute Gasteiger partial charge is 0.360 e. The Morgan fingerprint density at radius 2 is 2.04 bits per heavy atom. The molecule has 2 rings (SSSR count). The topological polar surface area (TPSA) is 84.2 Å². The molecular formula is C17H20ClN3O3S. The highest BCUT2D eigenvalue weighted by Gasteiger charge is 2.16. The Morgan fingerprint density at radius 1 is 1.32 bits per heavy atom. The number of amides is 2. The van der Waals surface area contributed by atoms with Gasteiger partial charge in [0.15, 0.2) is 5.82 Å². The Morgan fingerprint density at radius 3 is 2.68 bits per heavy atom. The van der Waals surface area contributed by atoms with E-state index in [4.69, 9.17) is 16.1 Å². The van der Waals surface area contributed by atoms with E-state index >= 15 is 0 Å². The number of thioether (sulfide) groups is 1. The van der Waals surface area contributed by atoms with E-state index in [0.29, 0.717) is 23.1 Å². The van der Waals surface area contributed by atoms with Gasteiger partial charge in [-0.1, -0.05) is 28.9 Å². The molecule has 25 heavy (non-hydrogen) atoms. The number of halogens is 1. The van der Waals surface area contributed by atoms with Crippen molar-refractivity contribution in [2.75, 3.05) is 17.6 Å². The minimum atomic E-state index is -0.376. The van der Waals surface area contributed by atoms with Crippen LogP contribution >= 0.6 is 23.4 Å². The maximum absolute atomic E-state index is 12.0. The van der Waals surface area contributed by atoms with Crippen molar-refractivity contribution in [3.63, 3.8) is 0 Å². The maximum atomic E-state index is 12.0. The van der Waals surface area contributed by atoms with Crippen LogP contribution in [0, 0.1) is 6.92 Å². The van der Waals surface area contributed by atoms with Crippen molar-refractivity contribution < 1.29 is 14.1 Å². The quantitative estimate of drug-likeness (QED) is 0.734. The molecule has 8 heteroatoms. The summed E-state index contributed by atoms with van der Waals surface area (Å²) < 4.78 is 4.89. The van der Waals surface area contributed by atoms with Crippen LogP contribution in [0.4, 0.5) is 5.82 Å². The molecular weight excluding hydrogens is 362 g/mol. The van der Waals surface area contributed by atoms with Gasteiger partial charge in [0.1, 0.15) is 5.76 Å². The molecule has 0 radical (unpaired) electrons. The minimum Gasteiger partial charge on any atom is -0.360 e. The lowest BCUT2D eigenvalue weighted by Gasteiger charge is -2.10. The fourth-order valence-corrected chi connectivity index (χ4v) is 2.82. The molecule has 0 fully saturated rings. The molecule has 0 saturated heterocycles. The van der Waals surface area contributed by atoms with Crippen LogP contribution in [-0.4, -0.2) is 34.5 Å². The SMILES string of the molecule is Cc1cc(NC(=O)C(C)SCC(=O)NCCc2ccc(Cl)cc2)no1. The predicted octanol–water partition coefficient (Wildman–Crippen LogP) is 3.06. The number of hydrogen-bond acceptors (Lipinski definition) is 5. The Kier molecular flexibility index (Phi) is 7.33. The van der Waals surface area contributed by atoms with Gasteiger partial charge in [0.25, 0.3) is 0 Å². The molecule has 0 saturated carbocycles. The average Bonchev–Trinajstić information content (AvgIpc) is 2.99. The van der Waals surface area contributed by atoms with E-state index in [0.717, 1.165) is 12.0 Å². The molecule has 0 aliphatic heterocycles. The molecule has 2 amide bonds. The first-order chi connectivity index (χ1) is 11.9. The Balaban J connectivity index is 1.64. The number of hydrogen-bond donors (Lipinski definition) is 2. The molecule has 1 aromatic heterocycles. The fraction of sp³-hybridized carbons (Fsp3) is 0.353. The van der Waals surface area contributed by atoms with Crippen molar-refractivity contribution in [3.8, 4) is 0 Å². The van der Waals surface area contributed by atoms with Gasteiger partial charge < -0.3 is 15.2 Å². The highest BCUT2D eigenvalue weighted by atomic mass is 35.5. The molecule has 1 heterocycles. The zero-order valence-corrected chi connectivity index (χ0v) is 15.6. The first kappa shape index (κ1) is 19.3. The summed E-state index contributed by atoms with van der Waals surface area (Å²) in [6, 6.07) is 9.15. The zero-order chi connectivity index (χ0) is 18.2. The molecule has 0 aliphatic rings. The lowest BCUT2D eigenvalue weighted by Crippen LogP contribution is -2.30. The third-order valence-corrected chi connectivity index (χ3v) is 4.76. The molecule has 0 aliphatic carbocycles. The van der Waals surface area contributed by atoms with Gasteiger partial charge in [-0.3, -0.25) is 9.59 Å². The van der Waals surface area contributed by atoms with Crippen molar-refractivity contribution in [2.24, 2.45) is 0 Å². The molecule has 1 aromatic carbocycles. The van der Waals surface area contributed by atoms with Gasteiger partial charge in [-0.05, 0) is 38.0 Å². The fourth-order valence-electron chi connectivity index (χ4n) is 1.98. The van der Waals surface area contributed by atoms with Crippen LogP contribution in [0.5, 0.6) is 0 Å². The summed E-state index contributed by atoms with van der Waals surface area (Å²) >= 11 is 7.10. The van der Waals surface area contributed by atoms with Gasteiger partial charge in [0, 0.05) is 17.6 Å². The van der Waals surface area contributed by atoms with Crippen molar-refractivity contribution >= 4 is 41.0 Å². The second kappa shape index (κ2) is 9.48. The van der Waals surface area contributed by atoms with Crippen molar-refractivity contribution in [1.82, 2.24) is 10.5 Å². The van der Waals surface area contributed by atoms with E-state index < -0.39 is 0 Å². The summed E-state index contributed by atoms with van der Waals surface area (Å²) in [5, 5.41) is 9.51. The van der Waals surface area contributed by atoms with E-state index in [1.165, 1.54) is 11.8 Å². The highest BCUT2D eigenvalue weighted by molar-refractivity contribution is 8.01. The monoisotopic (exact) mass is 381 g/mol. The maximum Gasteiger partial charge on any atom is 0.238 e. The van der Waals surface area contributed by atoms with Crippen molar-refractivity contribution in [3.05, 3.63) is 46.7 Å². The molecule has 0 bridgehead atoms. The van der Waals surface area contributed by atoms with Crippen LogP contribution in [-0.2, 0) is 16.0 Å². The Hall–Kier alpha value is -1.99. The summed E-state index contributed by atoms with van der Waals surface area (Å²) in [6.07, 6.45) is 0.731. The average molecular weight is 382 g/mol. The van der Waals surface area contributed by atoms with Gasteiger partial charge in [-0.15, -0.1) is 11.8 Å². The van der Waals surface area contributed by atoms with E-state index in [2.05, 4.69) is 15.8 Å².